The molecule has 0 aliphatic carbocycles. The van der Waals surface area contributed by atoms with E-state index in [1.54, 1.807) is 7.11 Å². The van der Waals surface area contributed by atoms with Crippen molar-refractivity contribution in [2.45, 2.75) is 33.4 Å². The molecule has 1 aromatic rings. The summed E-state index contributed by atoms with van der Waals surface area (Å²) in [6.07, 6.45) is 0. The summed E-state index contributed by atoms with van der Waals surface area (Å²) in [5.74, 6) is 0.686. The molecular formula is C11H18N2O. The molecule has 3 nitrogen and oxygen atoms in total. The van der Waals surface area contributed by atoms with E-state index < -0.39 is 0 Å². The lowest BCUT2D eigenvalue weighted by Crippen LogP contribution is -2.21. The fourth-order valence-corrected chi connectivity index (χ4v) is 1.24. The molecule has 1 rings (SSSR count). The SMILES string of the molecule is COc1cc(CNC(C)C)cc(C)n1. The predicted octanol–water partition coefficient (Wildman–Crippen LogP) is 1.90. The fourth-order valence-electron chi connectivity index (χ4n) is 1.24. The van der Waals surface area contributed by atoms with Crippen LogP contribution in [0.15, 0.2) is 12.1 Å². The number of hydrogen-bond donors (Lipinski definition) is 1. The van der Waals surface area contributed by atoms with Gasteiger partial charge in [-0.25, -0.2) is 4.98 Å². The normalized spacial score (nSPS) is 10.6. The minimum atomic E-state index is 0.495. The van der Waals surface area contributed by atoms with Gasteiger partial charge in [-0.1, -0.05) is 13.8 Å². The van der Waals surface area contributed by atoms with Crippen LogP contribution >= 0.6 is 0 Å². The summed E-state index contributed by atoms with van der Waals surface area (Å²) in [5, 5.41) is 3.36. The molecule has 1 N–H and O–H groups in total. The lowest BCUT2D eigenvalue weighted by molar-refractivity contribution is 0.396. The number of aryl methyl sites for hydroxylation is 1. The van der Waals surface area contributed by atoms with Crippen LogP contribution in [-0.4, -0.2) is 18.1 Å². The van der Waals surface area contributed by atoms with Crippen LogP contribution in [0.3, 0.4) is 0 Å². The smallest absolute Gasteiger partial charge is 0.213 e. The van der Waals surface area contributed by atoms with Crippen LogP contribution in [0, 0.1) is 6.92 Å². The van der Waals surface area contributed by atoms with Crippen molar-refractivity contribution < 1.29 is 4.74 Å². The van der Waals surface area contributed by atoms with Gasteiger partial charge in [0.1, 0.15) is 0 Å². The number of nitrogens with one attached hydrogen (secondary N) is 1. The van der Waals surface area contributed by atoms with Crippen LogP contribution in [0.5, 0.6) is 5.88 Å². The van der Waals surface area contributed by atoms with Gasteiger partial charge in [0.15, 0.2) is 0 Å². The van der Waals surface area contributed by atoms with E-state index in [0.29, 0.717) is 11.9 Å². The zero-order valence-electron chi connectivity index (χ0n) is 9.29. The van der Waals surface area contributed by atoms with Crippen molar-refractivity contribution in [3.63, 3.8) is 0 Å². The maximum atomic E-state index is 5.10. The van der Waals surface area contributed by atoms with Gasteiger partial charge in [-0.3, -0.25) is 0 Å². The summed E-state index contributed by atoms with van der Waals surface area (Å²) in [6.45, 7) is 7.09. The van der Waals surface area contributed by atoms with Crippen LogP contribution in [-0.2, 0) is 6.54 Å². The topological polar surface area (TPSA) is 34.1 Å². The molecule has 0 aromatic carbocycles. The van der Waals surface area contributed by atoms with Crippen LogP contribution in [0.25, 0.3) is 0 Å². The highest BCUT2D eigenvalue weighted by Gasteiger charge is 2.00. The molecule has 78 valence electrons. The zero-order valence-corrected chi connectivity index (χ0v) is 9.29. The molecule has 0 unspecified atom stereocenters. The third kappa shape index (κ3) is 3.34. The van der Waals surface area contributed by atoms with Gasteiger partial charge >= 0.3 is 0 Å². The molecule has 0 atom stereocenters. The second kappa shape index (κ2) is 4.96. The van der Waals surface area contributed by atoms with Crippen molar-refractivity contribution in [2.75, 3.05) is 7.11 Å². The summed E-state index contributed by atoms with van der Waals surface area (Å²) < 4.78 is 5.10. The standard InChI is InChI=1S/C11H18N2O/c1-8(2)12-7-10-5-9(3)13-11(6-10)14-4/h5-6,8,12H,7H2,1-4H3. The highest BCUT2D eigenvalue weighted by Crippen LogP contribution is 2.11. The van der Waals surface area contributed by atoms with E-state index >= 15 is 0 Å². The van der Waals surface area contributed by atoms with E-state index in [-0.39, 0.29) is 0 Å². The largest absolute Gasteiger partial charge is 0.481 e. The van der Waals surface area contributed by atoms with Gasteiger partial charge < -0.3 is 10.1 Å². The molecule has 0 radical (unpaired) electrons. The first kappa shape index (κ1) is 11.0. The Hall–Kier alpha value is -1.09. The Morgan fingerprint density at radius 1 is 1.43 bits per heavy atom. The van der Waals surface area contributed by atoms with E-state index in [1.807, 2.05) is 13.0 Å². The lowest BCUT2D eigenvalue weighted by atomic mass is 10.2. The molecule has 1 aromatic heterocycles. The Bertz CT molecular complexity index is 297. The van der Waals surface area contributed by atoms with E-state index in [2.05, 4.69) is 30.2 Å². The van der Waals surface area contributed by atoms with Gasteiger partial charge in [0.2, 0.25) is 5.88 Å². The summed E-state index contributed by atoms with van der Waals surface area (Å²) in [7, 11) is 1.64. The first-order valence-electron chi connectivity index (χ1n) is 4.86. The molecule has 1 heterocycles. The Morgan fingerprint density at radius 2 is 2.14 bits per heavy atom. The predicted molar refractivity (Wildman–Crippen MR) is 57.5 cm³/mol. The molecule has 0 aliphatic rings. The monoisotopic (exact) mass is 194 g/mol. The number of nitrogens with zero attached hydrogens (tertiary/aromatic N) is 1. The van der Waals surface area contributed by atoms with Crippen molar-refractivity contribution in [3.05, 3.63) is 23.4 Å². The maximum Gasteiger partial charge on any atom is 0.213 e. The minimum Gasteiger partial charge on any atom is -0.481 e. The van der Waals surface area contributed by atoms with Gasteiger partial charge in [-0.05, 0) is 18.6 Å². The van der Waals surface area contributed by atoms with E-state index in [1.165, 1.54) is 5.56 Å². The molecule has 0 saturated heterocycles. The molecule has 14 heavy (non-hydrogen) atoms. The Balaban J connectivity index is 2.71. The third-order valence-electron chi connectivity index (χ3n) is 1.91. The van der Waals surface area contributed by atoms with Crippen molar-refractivity contribution >= 4 is 0 Å². The highest BCUT2D eigenvalue weighted by atomic mass is 16.5. The van der Waals surface area contributed by atoms with Gasteiger partial charge in [0, 0.05) is 24.3 Å². The number of aromatic nitrogens is 1. The molecule has 0 saturated carbocycles. The van der Waals surface area contributed by atoms with Crippen LogP contribution in [0.1, 0.15) is 25.1 Å². The molecule has 0 aliphatic heterocycles. The van der Waals surface area contributed by atoms with Gasteiger partial charge in [-0.15, -0.1) is 0 Å². The quantitative estimate of drug-likeness (QED) is 0.795. The highest BCUT2D eigenvalue weighted by molar-refractivity contribution is 5.24. The van der Waals surface area contributed by atoms with Gasteiger partial charge in [-0.2, -0.15) is 0 Å². The maximum absolute atomic E-state index is 5.10. The van der Waals surface area contributed by atoms with E-state index in [9.17, 15) is 0 Å². The molecule has 0 bridgehead atoms. The first-order chi connectivity index (χ1) is 6.61. The first-order valence-corrected chi connectivity index (χ1v) is 4.86. The van der Waals surface area contributed by atoms with Crippen molar-refractivity contribution in [1.29, 1.82) is 0 Å². The lowest BCUT2D eigenvalue weighted by Gasteiger charge is -2.09. The summed E-state index contributed by atoms with van der Waals surface area (Å²) in [4.78, 5) is 4.23. The summed E-state index contributed by atoms with van der Waals surface area (Å²) in [6, 6.07) is 4.52. The number of methoxy groups -OCH3 is 1. The molecular weight excluding hydrogens is 176 g/mol. The second-order valence-corrected chi connectivity index (χ2v) is 3.69. The number of ether oxygens (including phenoxy) is 1. The zero-order chi connectivity index (χ0) is 10.6. The summed E-state index contributed by atoms with van der Waals surface area (Å²) in [5.41, 5.74) is 2.20. The molecule has 0 fully saturated rings. The summed E-state index contributed by atoms with van der Waals surface area (Å²) >= 11 is 0. The number of rotatable bonds is 4. The van der Waals surface area contributed by atoms with Crippen LogP contribution in [0.4, 0.5) is 0 Å². The fraction of sp³-hybridized carbons (Fsp3) is 0.545. The Kier molecular flexibility index (Phi) is 3.89. The van der Waals surface area contributed by atoms with E-state index in [0.717, 1.165) is 12.2 Å². The van der Waals surface area contributed by atoms with E-state index in [4.69, 9.17) is 4.74 Å². The Morgan fingerprint density at radius 3 is 2.71 bits per heavy atom. The average molecular weight is 194 g/mol. The molecule has 0 spiro atoms. The van der Waals surface area contributed by atoms with Crippen LogP contribution < -0.4 is 10.1 Å². The van der Waals surface area contributed by atoms with Crippen molar-refractivity contribution in [2.24, 2.45) is 0 Å². The van der Waals surface area contributed by atoms with Crippen molar-refractivity contribution in [1.82, 2.24) is 10.3 Å². The van der Waals surface area contributed by atoms with Crippen molar-refractivity contribution in [3.8, 4) is 5.88 Å². The molecule has 0 amide bonds. The number of hydrogen-bond acceptors (Lipinski definition) is 3. The van der Waals surface area contributed by atoms with Gasteiger partial charge in [0.05, 0.1) is 7.11 Å². The average Bonchev–Trinajstić information content (AvgIpc) is 2.14. The molecule has 3 heteroatoms. The third-order valence-corrected chi connectivity index (χ3v) is 1.91. The Labute approximate surface area is 85.5 Å². The van der Waals surface area contributed by atoms with Gasteiger partial charge in [0.25, 0.3) is 0 Å². The number of pyridine rings is 1. The second-order valence-electron chi connectivity index (χ2n) is 3.69. The minimum absolute atomic E-state index is 0.495. The van der Waals surface area contributed by atoms with Crippen LogP contribution in [0.2, 0.25) is 0 Å².